The van der Waals surface area contributed by atoms with Crippen molar-refractivity contribution < 1.29 is 4.74 Å². The first-order valence-corrected chi connectivity index (χ1v) is 7.03. The number of hydrogen-bond acceptors (Lipinski definition) is 3. The number of pyridine rings is 1. The summed E-state index contributed by atoms with van der Waals surface area (Å²) in [5.74, 6) is 0. The minimum absolute atomic E-state index is 0.732. The van der Waals surface area contributed by atoms with Gasteiger partial charge >= 0.3 is 0 Å². The zero-order chi connectivity index (χ0) is 13.1. The van der Waals surface area contributed by atoms with E-state index in [1.165, 1.54) is 23.9 Å². The number of nitrogens with zero attached hydrogens (tertiary/aromatic N) is 2. The second-order valence-corrected chi connectivity index (χ2v) is 5.22. The molecule has 2 aromatic heterocycles. The van der Waals surface area contributed by atoms with Gasteiger partial charge < -0.3 is 14.6 Å². The minimum atomic E-state index is 0.732. The minimum Gasteiger partial charge on any atom is -0.385 e. The van der Waals surface area contributed by atoms with Gasteiger partial charge in [-0.1, -0.05) is 0 Å². The van der Waals surface area contributed by atoms with Crippen LogP contribution in [-0.4, -0.2) is 29.3 Å². The third kappa shape index (κ3) is 2.96. The molecule has 0 atom stereocenters. The van der Waals surface area contributed by atoms with Crippen molar-refractivity contribution in [3.05, 3.63) is 30.1 Å². The van der Waals surface area contributed by atoms with Crippen LogP contribution in [0.3, 0.4) is 0 Å². The van der Waals surface area contributed by atoms with Crippen LogP contribution in [0.5, 0.6) is 0 Å². The van der Waals surface area contributed by atoms with Crippen LogP contribution in [0, 0.1) is 0 Å². The molecule has 1 saturated carbocycles. The lowest BCUT2D eigenvalue weighted by atomic mass is 10.2. The second kappa shape index (κ2) is 5.72. The zero-order valence-corrected chi connectivity index (χ0v) is 11.4. The van der Waals surface area contributed by atoms with E-state index in [1.807, 2.05) is 12.3 Å². The molecule has 102 valence electrons. The van der Waals surface area contributed by atoms with Crippen LogP contribution in [0.25, 0.3) is 11.0 Å². The van der Waals surface area contributed by atoms with Gasteiger partial charge in [0.2, 0.25) is 0 Å². The Bertz CT molecular complexity index is 545. The molecule has 1 aliphatic carbocycles. The fourth-order valence-electron chi connectivity index (χ4n) is 2.43. The molecule has 0 saturated heterocycles. The summed E-state index contributed by atoms with van der Waals surface area (Å²) in [5, 5.41) is 3.57. The molecule has 0 aliphatic heterocycles. The number of aryl methyl sites for hydroxylation is 1. The van der Waals surface area contributed by atoms with Gasteiger partial charge in [0, 0.05) is 50.8 Å². The molecule has 2 heterocycles. The van der Waals surface area contributed by atoms with Crippen LogP contribution in [0.1, 0.15) is 24.8 Å². The maximum absolute atomic E-state index is 5.13. The van der Waals surface area contributed by atoms with Gasteiger partial charge in [-0.05, 0) is 31.4 Å². The number of fused-ring (bicyclic) bond motifs is 1. The summed E-state index contributed by atoms with van der Waals surface area (Å²) >= 11 is 0. The van der Waals surface area contributed by atoms with E-state index in [1.54, 1.807) is 7.11 Å². The Morgan fingerprint density at radius 3 is 3.16 bits per heavy atom. The fourth-order valence-corrected chi connectivity index (χ4v) is 2.43. The molecule has 0 unspecified atom stereocenters. The number of nitrogens with one attached hydrogen (secondary N) is 1. The molecule has 0 amide bonds. The van der Waals surface area contributed by atoms with Crippen molar-refractivity contribution in [1.29, 1.82) is 0 Å². The van der Waals surface area contributed by atoms with Gasteiger partial charge in [0.05, 0.1) is 11.0 Å². The molecule has 0 aromatic carbocycles. The Labute approximate surface area is 113 Å². The van der Waals surface area contributed by atoms with Crippen LogP contribution >= 0.6 is 0 Å². The normalized spacial score (nSPS) is 15.2. The molecular formula is C15H21N3O. The molecule has 0 radical (unpaired) electrons. The van der Waals surface area contributed by atoms with Gasteiger partial charge in [-0.25, -0.2) is 0 Å². The Kier molecular flexibility index (Phi) is 3.80. The van der Waals surface area contributed by atoms with E-state index in [0.29, 0.717) is 0 Å². The fraction of sp³-hybridized carbons (Fsp3) is 0.533. The first-order chi connectivity index (χ1) is 9.38. The van der Waals surface area contributed by atoms with Crippen molar-refractivity contribution in [3.63, 3.8) is 0 Å². The average Bonchev–Trinajstić information content (AvgIpc) is 3.20. The summed E-state index contributed by atoms with van der Waals surface area (Å²) in [7, 11) is 1.75. The molecule has 1 N–H and O–H groups in total. The predicted octanol–water partition coefficient (Wildman–Crippen LogP) is 2.32. The van der Waals surface area contributed by atoms with E-state index < -0.39 is 0 Å². The molecule has 0 spiro atoms. The highest BCUT2D eigenvalue weighted by atomic mass is 16.5. The number of aromatic nitrogens is 2. The highest BCUT2D eigenvalue weighted by Gasteiger charge is 2.21. The summed E-state index contributed by atoms with van der Waals surface area (Å²) in [4.78, 5) is 4.54. The maximum Gasteiger partial charge on any atom is 0.0925 e. The van der Waals surface area contributed by atoms with Gasteiger partial charge in [-0.15, -0.1) is 0 Å². The molecule has 4 nitrogen and oxygen atoms in total. The van der Waals surface area contributed by atoms with E-state index in [9.17, 15) is 0 Å². The second-order valence-electron chi connectivity index (χ2n) is 5.22. The predicted molar refractivity (Wildman–Crippen MR) is 76.1 cm³/mol. The van der Waals surface area contributed by atoms with E-state index in [0.717, 1.165) is 37.7 Å². The van der Waals surface area contributed by atoms with Crippen molar-refractivity contribution in [2.24, 2.45) is 0 Å². The summed E-state index contributed by atoms with van der Waals surface area (Å²) in [6.07, 6.45) is 7.79. The highest BCUT2D eigenvalue weighted by molar-refractivity contribution is 5.79. The average molecular weight is 259 g/mol. The molecular weight excluding hydrogens is 238 g/mol. The van der Waals surface area contributed by atoms with E-state index in [2.05, 4.69) is 27.1 Å². The Morgan fingerprint density at radius 2 is 2.37 bits per heavy atom. The lowest BCUT2D eigenvalue weighted by molar-refractivity contribution is 0.190. The van der Waals surface area contributed by atoms with Crippen molar-refractivity contribution in [2.45, 2.75) is 38.4 Å². The molecule has 0 bridgehead atoms. The molecule has 2 aromatic rings. The van der Waals surface area contributed by atoms with E-state index in [4.69, 9.17) is 4.74 Å². The summed E-state index contributed by atoms with van der Waals surface area (Å²) in [5.41, 5.74) is 3.67. The SMILES string of the molecule is COCCCn1cc(CNC2CC2)c2ncccc21. The molecule has 4 heteroatoms. The lowest BCUT2D eigenvalue weighted by Gasteiger charge is -2.03. The van der Waals surface area contributed by atoms with Crippen molar-refractivity contribution in [2.75, 3.05) is 13.7 Å². The smallest absolute Gasteiger partial charge is 0.0925 e. The topological polar surface area (TPSA) is 39.1 Å². The maximum atomic E-state index is 5.13. The first-order valence-electron chi connectivity index (χ1n) is 7.03. The number of ether oxygens (including phenoxy) is 1. The Morgan fingerprint density at radius 1 is 1.47 bits per heavy atom. The van der Waals surface area contributed by atoms with Crippen LogP contribution < -0.4 is 5.32 Å². The molecule has 1 aliphatic rings. The lowest BCUT2D eigenvalue weighted by Crippen LogP contribution is -2.15. The molecule has 19 heavy (non-hydrogen) atoms. The summed E-state index contributed by atoms with van der Waals surface area (Å²) in [6, 6.07) is 4.89. The standard InChI is InChI=1S/C15H21N3O/c1-19-9-3-8-18-11-12(10-17-13-5-6-13)15-14(18)4-2-7-16-15/h2,4,7,11,13,17H,3,5-6,8-10H2,1H3. The molecule has 1 fully saturated rings. The van der Waals surface area contributed by atoms with Crippen molar-refractivity contribution in [1.82, 2.24) is 14.9 Å². The van der Waals surface area contributed by atoms with Crippen LogP contribution in [0.15, 0.2) is 24.5 Å². The van der Waals surface area contributed by atoms with Gasteiger partial charge in [0.15, 0.2) is 0 Å². The Hall–Kier alpha value is -1.39. The number of rotatable bonds is 7. The van der Waals surface area contributed by atoms with Gasteiger partial charge in [-0.3, -0.25) is 4.98 Å². The first kappa shape index (κ1) is 12.6. The number of methoxy groups -OCH3 is 1. The summed E-state index contributed by atoms with van der Waals surface area (Å²) in [6.45, 7) is 2.71. The van der Waals surface area contributed by atoms with Gasteiger partial charge in [0.1, 0.15) is 0 Å². The third-order valence-electron chi connectivity index (χ3n) is 3.62. The monoisotopic (exact) mass is 259 g/mol. The van der Waals surface area contributed by atoms with Crippen LogP contribution in [0.2, 0.25) is 0 Å². The quantitative estimate of drug-likeness (QED) is 0.776. The zero-order valence-electron chi connectivity index (χ0n) is 11.4. The largest absolute Gasteiger partial charge is 0.385 e. The number of hydrogen-bond donors (Lipinski definition) is 1. The van der Waals surface area contributed by atoms with Crippen LogP contribution in [-0.2, 0) is 17.8 Å². The highest BCUT2D eigenvalue weighted by Crippen LogP contribution is 2.23. The van der Waals surface area contributed by atoms with E-state index in [-0.39, 0.29) is 0 Å². The Balaban J connectivity index is 1.79. The van der Waals surface area contributed by atoms with Gasteiger partial charge in [-0.2, -0.15) is 0 Å². The van der Waals surface area contributed by atoms with Crippen LogP contribution in [0.4, 0.5) is 0 Å². The van der Waals surface area contributed by atoms with Crippen molar-refractivity contribution in [3.8, 4) is 0 Å². The van der Waals surface area contributed by atoms with Crippen molar-refractivity contribution >= 4 is 11.0 Å². The molecule has 3 rings (SSSR count). The summed E-state index contributed by atoms with van der Waals surface area (Å²) < 4.78 is 7.43. The van der Waals surface area contributed by atoms with E-state index >= 15 is 0 Å². The third-order valence-corrected chi connectivity index (χ3v) is 3.62. The van der Waals surface area contributed by atoms with Gasteiger partial charge in [0.25, 0.3) is 0 Å².